The molecule has 0 amide bonds. The molecule has 6 nitrogen and oxygen atoms in total. The van der Waals surface area contributed by atoms with Crippen LogP contribution in [0.3, 0.4) is 0 Å². The fourth-order valence-corrected chi connectivity index (χ4v) is 3.31. The monoisotopic (exact) mass is 460 g/mol. The number of halogens is 1. The highest BCUT2D eigenvalue weighted by Crippen LogP contribution is 2.28. The van der Waals surface area contributed by atoms with Crippen LogP contribution in [0.25, 0.3) is 0 Å². The van der Waals surface area contributed by atoms with Crippen LogP contribution in [0, 0.1) is 11.8 Å². The van der Waals surface area contributed by atoms with Gasteiger partial charge in [-0.15, -0.1) is 24.0 Å². The van der Waals surface area contributed by atoms with Crippen molar-refractivity contribution < 1.29 is 8.42 Å². The molecule has 138 valence electrons. The van der Waals surface area contributed by atoms with E-state index in [1.54, 1.807) is 0 Å². The van der Waals surface area contributed by atoms with E-state index in [0.717, 1.165) is 37.1 Å². The Morgan fingerprint density at radius 1 is 1.26 bits per heavy atom. The van der Waals surface area contributed by atoms with Crippen LogP contribution in [-0.4, -0.2) is 58.8 Å². The van der Waals surface area contributed by atoms with Crippen LogP contribution in [0.5, 0.6) is 0 Å². The molecule has 0 bridgehead atoms. The molecule has 1 rings (SSSR count). The summed E-state index contributed by atoms with van der Waals surface area (Å²) in [5.74, 6) is 2.46. The minimum atomic E-state index is -3.14. The zero-order chi connectivity index (χ0) is 16.6. The number of hydrogen-bond donors (Lipinski definition) is 2. The fraction of sp³-hybridized carbons (Fsp3) is 0.933. The van der Waals surface area contributed by atoms with E-state index in [1.165, 1.54) is 25.7 Å². The summed E-state index contributed by atoms with van der Waals surface area (Å²) < 4.78 is 24.5. The predicted molar refractivity (Wildman–Crippen MR) is 108 cm³/mol. The summed E-state index contributed by atoms with van der Waals surface area (Å²) in [6.45, 7) is 6.98. The molecule has 0 radical (unpaired) electrons. The Bertz CT molecular complexity index is 448. The number of aliphatic imine (C=N–C) groups is 1. The Balaban J connectivity index is 0.00000484. The summed E-state index contributed by atoms with van der Waals surface area (Å²) in [6, 6.07) is 0. The Morgan fingerprint density at radius 2 is 1.87 bits per heavy atom. The van der Waals surface area contributed by atoms with Gasteiger partial charge in [-0.3, -0.25) is 4.99 Å². The molecule has 0 atom stereocenters. The fourth-order valence-electron chi connectivity index (χ4n) is 2.85. The summed E-state index contributed by atoms with van der Waals surface area (Å²) in [4.78, 5) is 6.67. The van der Waals surface area contributed by atoms with Crippen LogP contribution in [0.1, 0.15) is 39.5 Å². The molecule has 2 N–H and O–H groups in total. The molecule has 1 aliphatic rings. The van der Waals surface area contributed by atoms with E-state index in [1.807, 2.05) is 6.92 Å². The van der Waals surface area contributed by atoms with Crippen molar-refractivity contribution in [2.75, 3.05) is 39.5 Å². The number of hydrogen-bond acceptors (Lipinski definition) is 3. The Kier molecular flexibility index (Phi) is 11.4. The van der Waals surface area contributed by atoms with Crippen LogP contribution >= 0.6 is 24.0 Å². The Morgan fingerprint density at radius 3 is 2.39 bits per heavy atom. The van der Waals surface area contributed by atoms with Gasteiger partial charge in [0, 0.05) is 26.7 Å². The van der Waals surface area contributed by atoms with Crippen LogP contribution in [-0.2, 0) is 10.0 Å². The lowest BCUT2D eigenvalue weighted by Gasteiger charge is -2.31. The third-order valence-corrected chi connectivity index (χ3v) is 4.83. The largest absolute Gasteiger partial charge is 0.357 e. The van der Waals surface area contributed by atoms with Crippen molar-refractivity contribution in [3.05, 3.63) is 0 Å². The van der Waals surface area contributed by atoms with Gasteiger partial charge in [-0.2, -0.15) is 0 Å². The van der Waals surface area contributed by atoms with Gasteiger partial charge in [-0.1, -0.05) is 19.8 Å². The molecule has 0 aliphatic heterocycles. The maximum Gasteiger partial charge on any atom is 0.208 e. The molecule has 0 heterocycles. The second-order valence-electron chi connectivity index (χ2n) is 6.41. The van der Waals surface area contributed by atoms with Crippen LogP contribution < -0.4 is 10.0 Å². The van der Waals surface area contributed by atoms with Crippen molar-refractivity contribution in [2.24, 2.45) is 16.8 Å². The lowest BCUT2D eigenvalue weighted by atomic mass is 9.83. The number of nitrogens with zero attached hydrogens (tertiary/aromatic N) is 2. The van der Waals surface area contributed by atoms with E-state index >= 15 is 0 Å². The molecule has 23 heavy (non-hydrogen) atoms. The highest BCUT2D eigenvalue weighted by Gasteiger charge is 2.20. The molecule has 1 aliphatic carbocycles. The van der Waals surface area contributed by atoms with Crippen LogP contribution in [0.2, 0.25) is 0 Å². The molecule has 0 spiro atoms. The minimum absolute atomic E-state index is 0. The Labute approximate surface area is 159 Å². The third kappa shape index (κ3) is 10.4. The van der Waals surface area contributed by atoms with E-state index in [9.17, 15) is 8.42 Å². The van der Waals surface area contributed by atoms with Gasteiger partial charge < -0.3 is 10.2 Å². The SMILES string of the molecule is CCNC(=NCCNS(C)(=O)=O)N(C)CC1CCC(C)CC1.I. The molecule has 8 heteroatoms. The number of rotatable bonds is 7. The van der Waals surface area contributed by atoms with Gasteiger partial charge in [0.15, 0.2) is 5.96 Å². The number of guanidine groups is 1. The quantitative estimate of drug-likeness (QED) is 0.263. The molecule has 0 aromatic heterocycles. The average molecular weight is 460 g/mol. The lowest BCUT2D eigenvalue weighted by molar-refractivity contribution is 0.250. The smallest absolute Gasteiger partial charge is 0.208 e. The first-order chi connectivity index (χ1) is 10.3. The standard InChI is InChI=1S/C15H32N4O2S.HI/c1-5-16-15(17-10-11-18-22(4,20)21)19(3)12-14-8-6-13(2)7-9-14;/h13-14,18H,5-12H2,1-4H3,(H,16,17);1H. The van der Waals surface area contributed by atoms with E-state index < -0.39 is 10.0 Å². The molecular formula is C15H33IN4O2S. The molecular weight excluding hydrogens is 427 g/mol. The first-order valence-corrected chi connectivity index (χ1v) is 10.1. The summed E-state index contributed by atoms with van der Waals surface area (Å²) in [5, 5.41) is 3.28. The maximum atomic E-state index is 11.0. The van der Waals surface area contributed by atoms with Crippen molar-refractivity contribution >= 4 is 40.0 Å². The van der Waals surface area contributed by atoms with Gasteiger partial charge >= 0.3 is 0 Å². The third-order valence-electron chi connectivity index (χ3n) is 4.10. The summed E-state index contributed by atoms with van der Waals surface area (Å²) in [5.41, 5.74) is 0. The zero-order valence-electron chi connectivity index (χ0n) is 14.8. The van der Waals surface area contributed by atoms with E-state index in [2.05, 4.69) is 33.9 Å². The van der Waals surface area contributed by atoms with Gasteiger partial charge in [-0.25, -0.2) is 13.1 Å². The highest BCUT2D eigenvalue weighted by atomic mass is 127. The van der Waals surface area contributed by atoms with Gasteiger partial charge in [0.2, 0.25) is 10.0 Å². The van der Waals surface area contributed by atoms with E-state index in [-0.39, 0.29) is 24.0 Å². The molecule has 0 aromatic rings. The first-order valence-electron chi connectivity index (χ1n) is 8.26. The second-order valence-corrected chi connectivity index (χ2v) is 8.24. The molecule has 0 saturated heterocycles. The van der Waals surface area contributed by atoms with Gasteiger partial charge in [0.25, 0.3) is 0 Å². The number of nitrogens with one attached hydrogen (secondary N) is 2. The van der Waals surface area contributed by atoms with Gasteiger partial charge in [0.1, 0.15) is 0 Å². The normalized spacial score (nSPS) is 22.3. The molecule has 0 aromatic carbocycles. The average Bonchev–Trinajstić information content (AvgIpc) is 2.43. The maximum absolute atomic E-state index is 11.0. The minimum Gasteiger partial charge on any atom is -0.357 e. The van der Waals surface area contributed by atoms with E-state index in [0.29, 0.717) is 13.1 Å². The van der Waals surface area contributed by atoms with Crippen molar-refractivity contribution in [3.8, 4) is 0 Å². The molecule has 1 saturated carbocycles. The molecule has 1 fully saturated rings. The summed E-state index contributed by atoms with van der Waals surface area (Å²) in [6.07, 6.45) is 6.40. The van der Waals surface area contributed by atoms with Crippen molar-refractivity contribution in [1.29, 1.82) is 0 Å². The van der Waals surface area contributed by atoms with E-state index in [4.69, 9.17) is 0 Å². The molecule has 0 unspecified atom stereocenters. The summed E-state index contributed by atoms with van der Waals surface area (Å²) in [7, 11) is -1.08. The van der Waals surface area contributed by atoms with Crippen molar-refractivity contribution in [2.45, 2.75) is 39.5 Å². The first kappa shape index (κ1) is 22.9. The zero-order valence-corrected chi connectivity index (χ0v) is 18.0. The van der Waals surface area contributed by atoms with Gasteiger partial charge in [-0.05, 0) is 31.6 Å². The van der Waals surface area contributed by atoms with Gasteiger partial charge in [0.05, 0.1) is 12.8 Å². The topological polar surface area (TPSA) is 73.8 Å². The number of sulfonamides is 1. The lowest BCUT2D eigenvalue weighted by Crippen LogP contribution is -2.42. The second kappa shape index (κ2) is 11.5. The van der Waals surface area contributed by atoms with Crippen LogP contribution in [0.4, 0.5) is 0 Å². The Hall–Kier alpha value is -0.0900. The predicted octanol–water partition coefficient (Wildman–Crippen LogP) is 1.88. The van der Waals surface area contributed by atoms with Crippen molar-refractivity contribution in [3.63, 3.8) is 0 Å². The summed E-state index contributed by atoms with van der Waals surface area (Å²) >= 11 is 0. The highest BCUT2D eigenvalue weighted by molar-refractivity contribution is 14.0. The van der Waals surface area contributed by atoms with Crippen LogP contribution in [0.15, 0.2) is 4.99 Å². The van der Waals surface area contributed by atoms with Crippen molar-refractivity contribution in [1.82, 2.24) is 14.9 Å².